The Bertz CT molecular complexity index is 902. The molecular weight excluding hydrogens is 328 g/mol. The standard InChI is InChI=1S/C13H9ClN4O3S/c1-7-6-22-13-16-10(5-17(7)13)12(19)15-8-2-3-9(14)11(4-8)18(20)21/h2-6H,1H3,(H,15,19). The van der Waals surface area contributed by atoms with Crippen molar-refractivity contribution in [2.24, 2.45) is 0 Å². The molecule has 9 heteroatoms. The van der Waals surface area contributed by atoms with Crippen molar-refractivity contribution in [1.29, 1.82) is 0 Å². The van der Waals surface area contributed by atoms with Crippen LogP contribution in [0.4, 0.5) is 11.4 Å². The first kappa shape index (κ1) is 14.5. The molecule has 0 spiro atoms. The van der Waals surface area contributed by atoms with E-state index in [9.17, 15) is 14.9 Å². The second-order valence-electron chi connectivity index (χ2n) is 4.53. The minimum atomic E-state index is -0.603. The molecule has 1 amide bonds. The number of nitrogens with zero attached hydrogens (tertiary/aromatic N) is 3. The summed E-state index contributed by atoms with van der Waals surface area (Å²) in [7, 11) is 0. The Balaban J connectivity index is 1.87. The molecule has 0 unspecified atom stereocenters. The maximum Gasteiger partial charge on any atom is 0.289 e. The monoisotopic (exact) mass is 336 g/mol. The van der Waals surface area contributed by atoms with Gasteiger partial charge in [-0.2, -0.15) is 0 Å². The number of fused-ring (bicyclic) bond motifs is 1. The van der Waals surface area contributed by atoms with Gasteiger partial charge in [0.15, 0.2) is 4.96 Å². The third kappa shape index (κ3) is 2.53. The highest BCUT2D eigenvalue weighted by atomic mass is 35.5. The van der Waals surface area contributed by atoms with Gasteiger partial charge in [0.05, 0.1) is 4.92 Å². The Labute approximate surface area is 133 Å². The van der Waals surface area contributed by atoms with Crippen LogP contribution in [0.5, 0.6) is 0 Å². The van der Waals surface area contributed by atoms with E-state index in [1.807, 2.05) is 16.7 Å². The number of anilines is 1. The van der Waals surface area contributed by atoms with Crippen LogP contribution in [0.25, 0.3) is 4.96 Å². The normalized spacial score (nSPS) is 10.8. The van der Waals surface area contributed by atoms with E-state index in [0.717, 1.165) is 5.69 Å². The first-order chi connectivity index (χ1) is 10.5. The number of halogens is 1. The lowest BCUT2D eigenvalue weighted by atomic mass is 10.2. The van der Waals surface area contributed by atoms with Gasteiger partial charge in [0, 0.05) is 29.0 Å². The second kappa shape index (κ2) is 5.39. The summed E-state index contributed by atoms with van der Waals surface area (Å²) in [6.07, 6.45) is 1.63. The number of thiazole rings is 1. The summed E-state index contributed by atoms with van der Waals surface area (Å²) in [6.45, 7) is 1.91. The highest BCUT2D eigenvalue weighted by Crippen LogP contribution is 2.27. The quantitative estimate of drug-likeness (QED) is 0.585. The lowest BCUT2D eigenvalue weighted by molar-refractivity contribution is -0.384. The largest absolute Gasteiger partial charge is 0.320 e. The van der Waals surface area contributed by atoms with Gasteiger partial charge in [-0.1, -0.05) is 11.6 Å². The Morgan fingerprint density at radius 3 is 2.95 bits per heavy atom. The molecule has 2 aromatic heterocycles. The average molecular weight is 337 g/mol. The second-order valence-corrected chi connectivity index (χ2v) is 5.78. The third-order valence-electron chi connectivity index (χ3n) is 3.02. The fourth-order valence-electron chi connectivity index (χ4n) is 1.93. The number of aromatic nitrogens is 2. The zero-order valence-electron chi connectivity index (χ0n) is 11.2. The number of nitro benzene ring substituents is 1. The maximum absolute atomic E-state index is 12.2. The Morgan fingerprint density at radius 2 is 2.27 bits per heavy atom. The van der Waals surface area contributed by atoms with Gasteiger partial charge in [0.25, 0.3) is 11.6 Å². The van der Waals surface area contributed by atoms with E-state index < -0.39 is 10.8 Å². The van der Waals surface area contributed by atoms with Crippen LogP contribution >= 0.6 is 22.9 Å². The van der Waals surface area contributed by atoms with Gasteiger partial charge >= 0.3 is 0 Å². The summed E-state index contributed by atoms with van der Waals surface area (Å²) < 4.78 is 1.81. The molecule has 112 valence electrons. The molecule has 0 fully saturated rings. The van der Waals surface area contributed by atoms with E-state index in [1.165, 1.54) is 29.5 Å². The minimum Gasteiger partial charge on any atom is -0.320 e. The number of imidazole rings is 1. The van der Waals surface area contributed by atoms with Gasteiger partial charge in [-0.25, -0.2) is 4.98 Å². The van der Waals surface area contributed by atoms with Crippen molar-refractivity contribution in [2.45, 2.75) is 6.92 Å². The molecule has 0 radical (unpaired) electrons. The Kier molecular flexibility index (Phi) is 3.55. The van der Waals surface area contributed by atoms with Crippen LogP contribution in [0.3, 0.4) is 0 Å². The molecule has 1 N–H and O–H groups in total. The van der Waals surface area contributed by atoms with Crippen molar-refractivity contribution in [1.82, 2.24) is 9.38 Å². The van der Waals surface area contributed by atoms with Crippen LogP contribution in [0.1, 0.15) is 16.2 Å². The van der Waals surface area contributed by atoms with Gasteiger partial charge in [-0.3, -0.25) is 19.3 Å². The fourth-order valence-corrected chi connectivity index (χ4v) is 2.97. The Morgan fingerprint density at radius 1 is 1.50 bits per heavy atom. The summed E-state index contributed by atoms with van der Waals surface area (Å²) in [5.74, 6) is -0.438. The smallest absolute Gasteiger partial charge is 0.289 e. The van der Waals surface area contributed by atoms with E-state index in [-0.39, 0.29) is 22.1 Å². The molecule has 0 aliphatic rings. The Hall–Kier alpha value is -2.45. The number of hydrogen-bond donors (Lipinski definition) is 1. The summed E-state index contributed by atoms with van der Waals surface area (Å²) in [5, 5.41) is 15.4. The van der Waals surface area contributed by atoms with Crippen molar-refractivity contribution >= 4 is 45.2 Å². The predicted octanol–water partition coefficient (Wildman–Crippen LogP) is 3.52. The predicted molar refractivity (Wildman–Crippen MR) is 83.9 cm³/mol. The molecule has 3 aromatic rings. The van der Waals surface area contributed by atoms with Crippen molar-refractivity contribution in [2.75, 3.05) is 5.32 Å². The zero-order valence-corrected chi connectivity index (χ0v) is 12.8. The number of amides is 1. The SMILES string of the molecule is Cc1csc2nc(C(=O)Nc3ccc(Cl)c([N+](=O)[O-])c3)cn12. The number of benzene rings is 1. The summed E-state index contributed by atoms with van der Waals surface area (Å²) in [6, 6.07) is 4.08. The highest BCUT2D eigenvalue weighted by Gasteiger charge is 2.16. The van der Waals surface area contributed by atoms with Crippen molar-refractivity contribution in [3.8, 4) is 0 Å². The molecule has 22 heavy (non-hydrogen) atoms. The van der Waals surface area contributed by atoms with Crippen LogP contribution in [-0.4, -0.2) is 20.2 Å². The summed E-state index contributed by atoms with van der Waals surface area (Å²) in [5.41, 5.74) is 1.25. The van der Waals surface area contributed by atoms with E-state index in [0.29, 0.717) is 4.96 Å². The van der Waals surface area contributed by atoms with Crippen LogP contribution in [-0.2, 0) is 0 Å². The minimum absolute atomic E-state index is 0.0149. The number of carbonyl (C=O) groups excluding carboxylic acids is 1. The van der Waals surface area contributed by atoms with Gasteiger partial charge in [-0.05, 0) is 19.1 Å². The number of hydrogen-bond acceptors (Lipinski definition) is 5. The number of rotatable bonds is 3. The molecule has 0 aliphatic carbocycles. The molecule has 2 heterocycles. The van der Waals surface area contributed by atoms with Crippen molar-refractivity contribution < 1.29 is 9.72 Å². The summed E-state index contributed by atoms with van der Waals surface area (Å²) in [4.78, 5) is 27.3. The van der Waals surface area contributed by atoms with E-state index >= 15 is 0 Å². The first-order valence-electron chi connectivity index (χ1n) is 6.14. The van der Waals surface area contributed by atoms with Gasteiger partial charge < -0.3 is 5.32 Å². The highest BCUT2D eigenvalue weighted by molar-refractivity contribution is 7.15. The van der Waals surface area contributed by atoms with Crippen LogP contribution in [0.2, 0.25) is 5.02 Å². The van der Waals surface area contributed by atoms with Crippen LogP contribution in [0, 0.1) is 17.0 Å². The van der Waals surface area contributed by atoms with Crippen LogP contribution < -0.4 is 5.32 Å². The van der Waals surface area contributed by atoms with E-state index in [1.54, 1.807) is 6.20 Å². The molecule has 3 rings (SSSR count). The number of aryl methyl sites for hydroxylation is 1. The van der Waals surface area contributed by atoms with Crippen molar-refractivity contribution in [3.63, 3.8) is 0 Å². The fraction of sp³-hybridized carbons (Fsp3) is 0.0769. The maximum atomic E-state index is 12.2. The van der Waals surface area contributed by atoms with Crippen LogP contribution in [0.15, 0.2) is 29.8 Å². The topological polar surface area (TPSA) is 89.5 Å². The van der Waals surface area contributed by atoms with E-state index in [2.05, 4.69) is 10.3 Å². The number of nitro groups is 1. The van der Waals surface area contributed by atoms with Gasteiger partial charge in [0.1, 0.15) is 10.7 Å². The zero-order chi connectivity index (χ0) is 15.9. The molecule has 0 saturated carbocycles. The molecule has 0 saturated heterocycles. The summed E-state index contributed by atoms with van der Waals surface area (Å²) >= 11 is 7.16. The average Bonchev–Trinajstić information content (AvgIpc) is 3.03. The molecule has 7 nitrogen and oxygen atoms in total. The lowest BCUT2D eigenvalue weighted by Crippen LogP contribution is -2.12. The lowest BCUT2D eigenvalue weighted by Gasteiger charge is -2.03. The van der Waals surface area contributed by atoms with Crippen molar-refractivity contribution in [3.05, 3.63) is 56.3 Å². The molecule has 1 aromatic carbocycles. The molecule has 0 atom stereocenters. The number of carbonyl (C=O) groups is 1. The number of nitrogens with one attached hydrogen (secondary N) is 1. The third-order valence-corrected chi connectivity index (χ3v) is 4.30. The molecular formula is C13H9ClN4O3S. The van der Waals surface area contributed by atoms with Gasteiger partial charge in [0.2, 0.25) is 0 Å². The van der Waals surface area contributed by atoms with Gasteiger partial charge in [-0.15, -0.1) is 11.3 Å². The first-order valence-corrected chi connectivity index (χ1v) is 7.40. The molecule has 0 bridgehead atoms. The van der Waals surface area contributed by atoms with E-state index in [4.69, 9.17) is 11.6 Å². The molecule has 0 aliphatic heterocycles.